The number of nitrogens with one attached hydrogen (secondary N) is 1. The van der Waals surface area contributed by atoms with Gasteiger partial charge in [0, 0.05) is 34.6 Å². The third-order valence-corrected chi connectivity index (χ3v) is 8.35. The Morgan fingerprint density at radius 1 is 0.973 bits per heavy atom. The summed E-state index contributed by atoms with van der Waals surface area (Å²) in [6.45, 7) is 8.94. The highest BCUT2D eigenvalue weighted by molar-refractivity contribution is 5.94. The van der Waals surface area contributed by atoms with Gasteiger partial charge in [0.25, 0.3) is 5.56 Å². The lowest BCUT2D eigenvalue weighted by Gasteiger charge is -2.60. The number of rotatable bonds is 4. The predicted molar refractivity (Wildman–Crippen MR) is 143 cm³/mol. The zero-order chi connectivity index (χ0) is 26.1. The fraction of sp³-hybridized carbons (Fsp3) is 0.323. The highest BCUT2D eigenvalue weighted by Gasteiger charge is 2.44. The molecule has 1 N–H and O–H groups in total. The molecule has 2 atom stereocenters. The summed E-state index contributed by atoms with van der Waals surface area (Å²) in [7, 11) is 0. The van der Waals surface area contributed by atoms with E-state index in [0.29, 0.717) is 16.9 Å². The second kappa shape index (κ2) is 8.47. The summed E-state index contributed by atoms with van der Waals surface area (Å²) < 4.78 is 1.43. The number of hydrogen-bond donors (Lipinski definition) is 1. The standard InChI is InChI=1S/C31H31N3O3/c1-5-33-23-16-15-19-11-9-10-14-21(19)27(23)31(3,4)24(33)17-22-28(35)26(29(22)36)25-18(2)32-34(30(25)37)20-12-7-6-8-13-20/h6-17,22,26,28-29,32H,5H2,1-4H3/q-2/b24-17+. The van der Waals surface area contributed by atoms with Crippen molar-refractivity contribution in [2.45, 2.75) is 51.2 Å². The molecule has 1 fully saturated rings. The van der Waals surface area contributed by atoms with E-state index in [-0.39, 0.29) is 11.0 Å². The van der Waals surface area contributed by atoms with Crippen LogP contribution < -0.4 is 20.7 Å². The Morgan fingerprint density at radius 3 is 2.35 bits per heavy atom. The van der Waals surface area contributed by atoms with Crippen LogP contribution in [0.15, 0.2) is 83.3 Å². The van der Waals surface area contributed by atoms with Gasteiger partial charge >= 0.3 is 0 Å². The van der Waals surface area contributed by atoms with Crippen molar-refractivity contribution >= 4 is 16.5 Å². The lowest BCUT2D eigenvalue weighted by Crippen LogP contribution is -2.65. The average Bonchev–Trinajstić information content (AvgIpc) is 3.32. The summed E-state index contributed by atoms with van der Waals surface area (Å²) in [6.07, 6.45) is -0.422. The van der Waals surface area contributed by atoms with Gasteiger partial charge in [0.15, 0.2) is 0 Å². The Morgan fingerprint density at radius 2 is 1.65 bits per heavy atom. The predicted octanol–water partition coefficient (Wildman–Crippen LogP) is 3.50. The van der Waals surface area contributed by atoms with Gasteiger partial charge < -0.3 is 15.1 Å². The number of aromatic nitrogens is 2. The summed E-state index contributed by atoms with van der Waals surface area (Å²) in [4.78, 5) is 15.5. The maximum atomic E-state index is 13.6. The number of para-hydroxylation sites is 1. The summed E-state index contributed by atoms with van der Waals surface area (Å²) >= 11 is 0. The van der Waals surface area contributed by atoms with E-state index in [1.807, 2.05) is 42.5 Å². The molecule has 0 amide bonds. The molecule has 1 aromatic heterocycles. The van der Waals surface area contributed by atoms with Crippen LogP contribution in [0.4, 0.5) is 5.69 Å². The van der Waals surface area contributed by atoms with E-state index >= 15 is 0 Å². The SMILES string of the molecule is CCN1/C(=C/C2C([O-])C(c3c(C)[nH]n(-c4ccccc4)c3=O)C2[O-])C(C)(C)c2c1ccc1ccccc21. The van der Waals surface area contributed by atoms with Crippen LogP contribution in [0.5, 0.6) is 0 Å². The number of aryl methyl sites for hydroxylation is 1. The van der Waals surface area contributed by atoms with Crippen LogP contribution in [0.1, 0.15) is 43.5 Å². The van der Waals surface area contributed by atoms with Crippen molar-refractivity contribution in [2.24, 2.45) is 5.92 Å². The molecule has 2 aliphatic rings. The molecule has 6 heteroatoms. The minimum atomic E-state index is -1.17. The minimum absolute atomic E-state index is 0.309. The van der Waals surface area contributed by atoms with E-state index in [4.69, 9.17) is 0 Å². The van der Waals surface area contributed by atoms with E-state index in [1.54, 1.807) is 6.92 Å². The van der Waals surface area contributed by atoms with Gasteiger partial charge in [-0.25, -0.2) is 4.68 Å². The largest absolute Gasteiger partial charge is 0.851 e. The second-order valence-electron chi connectivity index (χ2n) is 10.8. The molecule has 190 valence electrons. The molecule has 6 rings (SSSR count). The van der Waals surface area contributed by atoms with Crippen molar-refractivity contribution in [3.63, 3.8) is 0 Å². The first-order valence-electron chi connectivity index (χ1n) is 13.0. The van der Waals surface area contributed by atoms with Crippen molar-refractivity contribution in [3.05, 3.63) is 106 Å². The van der Waals surface area contributed by atoms with Crippen molar-refractivity contribution in [3.8, 4) is 5.69 Å². The van der Waals surface area contributed by atoms with Crippen molar-refractivity contribution < 1.29 is 10.2 Å². The molecule has 2 unspecified atom stereocenters. The maximum Gasteiger partial charge on any atom is 0.274 e. The molecular weight excluding hydrogens is 462 g/mol. The van der Waals surface area contributed by atoms with E-state index in [2.05, 4.69) is 61.1 Å². The summed E-state index contributed by atoms with van der Waals surface area (Å²) in [5.41, 5.74) is 4.28. The van der Waals surface area contributed by atoms with Gasteiger partial charge in [0.05, 0.1) is 5.69 Å². The van der Waals surface area contributed by atoms with E-state index in [0.717, 1.165) is 17.9 Å². The number of likely N-dealkylation sites (N-methyl/N-ethyl adjacent to an activating group) is 1. The molecule has 1 aliphatic heterocycles. The molecule has 0 radical (unpaired) electrons. The Balaban J connectivity index is 1.37. The quantitative estimate of drug-likeness (QED) is 0.471. The molecule has 1 aliphatic carbocycles. The van der Waals surface area contributed by atoms with E-state index in [1.165, 1.54) is 21.0 Å². The van der Waals surface area contributed by atoms with Crippen LogP contribution in [-0.4, -0.2) is 28.5 Å². The Bertz CT molecular complexity index is 1570. The van der Waals surface area contributed by atoms with Gasteiger partial charge in [0.2, 0.25) is 0 Å². The Labute approximate surface area is 216 Å². The third kappa shape index (κ3) is 3.36. The minimum Gasteiger partial charge on any atom is -0.851 e. The lowest BCUT2D eigenvalue weighted by molar-refractivity contribution is -0.543. The Hall–Kier alpha value is -3.61. The normalized spacial score (nSPS) is 25.5. The number of benzene rings is 3. The van der Waals surface area contributed by atoms with E-state index < -0.39 is 24.0 Å². The molecule has 6 nitrogen and oxygen atoms in total. The molecule has 0 saturated heterocycles. The zero-order valence-corrected chi connectivity index (χ0v) is 21.6. The maximum absolute atomic E-state index is 13.6. The van der Waals surface area contributed by atoms with Gasteiger partial charge in [0.1, 0.15) is 0 Å². The fourth-order valence-corrected chi connectivity index (χ4v) is 6.49. The monoisotopic (exact) mass is 493 g/mol. The molecular formula is C31H31N3O3-2. The molecule has 3 aromatic carbocycles. The van der Waals surface area contributed by atoms with Crippen LogP contribution in [0.2, 0.25) is 0 Å². The van der Waals surface area contributed by atoms with Gasteiger partial charge in [-0.05, 0) is 60.2 Å². The summed E-state index contributed by atoms with van der Waals surface area (Å²) in [5.74, 6) is -1.55. The summed E-state index contributed by atoms with van der Waals surface area (Å²) in [5, 5.41) is 32.6. The zero-order valence-electron chi connectivity index (χ0n) is 21.6. The highest BCUT2D eigenvalue weighted by atomic mass is 16.3. The molecule has 37 heavy (non-hydrogen) atoms. The van der Waals surface area contributed by atoms with Gasteiger partial charge in [-0.2, -0.15) is 0 Å². The smallest absolute Gasteiger partial charge is 0.274 e. The third-order valence-electron chi connectivity index (χ3n) is 8.35. The van der Waals surface area contributed by atoms with Gasteiger partial charge in [-0.3, -0.25) is 9.89 Å². The van der Waals surface area contributed by atoms with Crippen LogP contribution in [-0.2, 0) is 5.41 Å². The first-order valence-corrected chi connectivity index (χ1v) is 13.0. The first kappa shape index (κ1) is 23.8. The van der Waals surface area contributed by atoms with Crippen LogP contribution in [0, 0.1) is 12.8 Å². The lowest BCUT2D eigenvalue weighted by atomic mass is 9.64. The number of hydrogen-bond acceptors (Lipinski definition) is 4. The van der Waals surface area contributed by atoms with Crippen LogP contribution >= 0.6 is 0 Å². The number of H-pyrrole nitrogens is 1. The molecule has 0 spiro atoms. The average molecular weight is 494 g/mol. The summed E-state index contributed by atoms with van der Waals surface area (Å²) in [6, 6.07) is 21.8. The van der Waals surface area contributed by atoms with Gasteiger partial charge in [-0.1, -0.05) is 68.5 Å². The molecule has 2 heterocycles. The molecule has 4 aromatic rings. The number of aromatic amines is 1. The number of anilines is 1. The fourth-order valence-electron chi connectivity index (χ4n) is 6.49. The number of nitrogens with zero attached hydrogens (tertiary/aromatic N) is 2. The topological polar surface area (TPSA) is 87.2 Å². The van der Waals surface area contributed by atoms with E-state index in [9.17, 15) is 15.0 Å². The highest BCUT2D eigenvalue weighted by Crippen LogP contribution is 2.52. The second-order valence-corrected chi connectivity index (χ2v) is 10.8. The van der Waals surface area contributed by atoms with Crippen LogP contribution in [0.25, 0.3) is 16.5 Å². The molecule has 0 bridgehead atoms. The van der Waals surface area contributed by atoms with Crippen LogP contribution in [0.3, 0.4) is 0 Å². The number of fused-ring (bicyclic) bond motifs is 3. The van der Waals surface area contributed by atoms with Gasteiger partial charge in [-0.15, -0.1) is 12.2 Å². The first-order chi connectivity index (χ1) is 17.8. The molecule has 1 saturated carbocycles. The Kier molecular flexibility index (Phi) is 5.44. The van der Waals surface area contributed by atoms with Crippen molar-refractivity contribution in [1.82, 2.24) is 9.78 Å². The van der Waals surface area contributed by atoms with Crippen molar-refractivity contribution in [2.75, 3.05) is 11.4 Å². The number of allylic oxidation sites excluding steroid dienone is 1. The van der Waals surface area contributed by atoms with Crippen molar-refractivity contribution in [1.29, 1.82) is 0 Å².